The van der Waals surface area contributed by atoms with Crippen LogP contribution >= 0.6 is 0 Å². The summed E-state index contributed by atoms with van der Waals surface area (Å²) in [5, 5.41) is 5.95. The Balaban J connectivity index is 1.67. The van der Waals surface area contributed by atoms with Crippen molar-refractivity contribution in [1.29, 1.82) is 0 Å². The molecule has 1 heterocycles. The van der Waals surface area contributed by atoms with Gasteiger partial charge in [0.2, 0.25) is 11.9 Å². The lowest BCUT2D eigenvalue weighted by Crippen LogP contribution is -2.45. The van der Waals surface area contributed by atoms with Crippen molar-refractivity contribution in [2.24, 2.45) is 5.92 Å². The third-order valence-electron chi connectivity index (χ3n) is 6.54. The zero-order valence-corrected chi connectivity index (χ0v) is 21.3. The summed E-state index contributed by atoms with van der Waals surface area (Å²) in [6.07, 6.45) is -5.93. The predicted molar refractivity (Wildman–Crippen MR) is 128 cm³/mol. The fourth-order valence-electron chi connectivity index (χ4n) is 4.44. The van der Waals surface area contributed by atoms with E-state index in [1.807, 2.05) is 25.9 Å². The molecule has 1 fully saturated rings. The summed E-state index contributed by atoms with van der Waals surface area (Å²) in [5.41, 5.74) is -3.62. The normalized spacial score (nSPS) is 18.9. The van der Waals surface area contributed by atoms with Crippen LogP contribution in [-0.4, -0.2) is 36.0 Å². The fourth-order valence-corrected chi connectivity index (χ4v) is 4.44. The van der Waals surface area contributed by atoms with Gasteiger partial charge in [-0.05, 0) is 70.2 Å². The standard InChI is InChI=1S/C25H31F6N5O/c1-14-13-32-22(34-20(14)36(4)5)33-19-8-6-15(7-9-19)21(37)35-23(2,3)16-10-17(24(26,27)28)12-18(11-16)25(29,30)31/h10-13,15,19H,6-9H2,1-5H3,(H,35,37)(H,32,33,34)/t15-,19+. The first-order chi connectivity index (χ1) is 17.0. The van der Waals surface area contributed by atoms with Gasteiger partial charge in [0.15, 0.2) is 0 Å². The van der Waals surface area contributed by atoms with Crippen LogP contribution in [0, 0.1) is 12.8 Å². The van der Waals surface area contributed by atoms with Crippen LogP contribution in [0.4, 0.5) is 38.1 Å². The number of benzene rings is 1. The summed E-state index contributed by atoms with van der Waals surface area (Å²) in [5.74, 6) is 0.446. The van der Waals surface area contributed by atoms with Gasteiger partial charge in [0, 0.05) is 37.8 Å². The maximum atomic E-state index is 13.3. The van der Waals surface area contributed by atoms with E-state index in [0.29, 0.717) is 43.8 Å². The molecule has 2 N–H and O–H groups in total. The van der Waals surface area contributed by atoms with Gasteiger partial charge in [-0.1, -0.05) is 0 Å². The van der Waals surface area contributed by atoms with Crippen LogP contribution < -0.4 is 15.5 Å². The largest absolute Gasteiger partial charge is 0.416 e. The molecule has 0 unspecified atom stereocenters. The average Bonchev–Trinajstić information content (AvgIpc) is 2.79. The molecule has 0 saturated heterocycles. The molecule has 0 radical (unpaired) electrons. The van der Waals surface area contributed by atoms with E-state index in [2.05, 4.69) is 20.6 Å². The number of nitrogens with one attached hydrogen (secondary N) is 2. The van der Waals surface area contributed by atoms with Gasteiger partial charge in [-0.25, -0.2) is 4.98 Å². The van der Waals surface area contributed by atoms with Crippen molar-refractivity contribution in [3.8, 4) is 0 Å². The average molecular weight is 532 g/mol. The van der Waals surface area contributed by atoms with E-state index in [9.17, 15) is 31.1 Å². The highest BCUT2D eigenvalue weighted by Crippen LogP contribution is 2.38. The third kappa shape index (κ3) is 7.04. The Kier molecular flexibility index (Phi) is 7.99. The molecule has 3 rings (SSSR count). The Morgan fingerprint density at radius 3 is 1.92 bits per heavy atom. The highest BCUT2D eigenvalue weighted by atomic mass is 19.4. The zero-order valence-electron chi connectivity index (χ0n) is 21.3. The van der Waals surface area contributed by atoms with Gasteiger partial charge in [0.1, 0.15) is 5.82 Å². The predicted octanol–water partition coefficient (Wildman–Crippen LogP) is 5.91. The van der Waals surface area contributed by atoms with Gasteiger partial charge in [0.25, 0.3) is 0 Å². The Hall–Kier alpha value is -3.05. The van der Waals surface area contributed by atoms with Crippen LogP contribution in [-0.2, 0) is 22.7 Å². The number of amides is 1. The fraction of sp³-hybridized carbons (Fsp3) is 0.560. The Bertz CT molecular complexity index is 1090. The Morgan fingerprint density at radius 1 is 0.919 bits per heavy atom. The monoisotopic (exact) mass is 531 g/mol. The number of halogens is 6. The number of hydrogen-bond acceptors (Lipinski definition) is 5. The molecule has 0 aliphatic heterocycles. The number of aryl methyl sites for hydroxylation is 1. The number of alkyl halides is 6. The second-order valence-corrected chi connectivity index (χ2v) is 10.2. The topological polar surface area (TPSA) is 70.1 Å². The second kappa shape index (κ2) is 10.4. The molecule has 204 valence electrons. The van der Waals surface area contributed by atoms with E-state index >= 15 is 0 Å². The van der Waals surface area contributed by atoms with Crippen LogP contribution in [0.1, 0.15) is 61.8 Å². The van der Waals surface area contributed by atoms with E-state index in [0.717, 1.165) is 11.4 Å². The van der Waals surface area contributed by atoms with Gasteiger partial charge in [-0.2, -0.15) is 31.3 Å². The van der Waals surface area contributed by atoms with E-state index in [-0.39, 0.29) is 17.7 Å². The first kappa shape index (κ1) is 28.5. The molecule has 6 nitrogen and oxygen atoms in total. The SMILES string of the molecule is Cc1cnc(N[C@H]2CC[C@@H](C(=O)NC(C)(C)c3cc(C(F)(F)F)cc(C(F)(F)F)c3)CC2)nc1N(C)C. The van der Waals surface area contributed by atoms with Crippen LogP contribution in [0.25, 0.3) is 0 Å². The van der Waals surface area contributed by atoms with Crippen LogP contribution in [0.5, 0.6) is 0 Å². The summed E-state index contributed by atoms with van der Waals surface area (Å²) in [6, 6.07) is 1.42. The number of rotatable bonds is 6. The third-order valence-corrected chi connectivity index (χ3v) is 6.54. The maximum absolute atomic E-state index is 13.3. The van der Waals surface area contributed by atoms with Crippen molar-refractivity contribution < 1.29 is 31.1 Å². The molecule has 0 spiro atoms. The van der Waals surface area contributed by atoms with Crippen LogP contribution in [0.15, 0.2) is 24.4 Å². The Labute approximate surface area is 211 Å². The summed E-state index contributed by atoms with van der Waals surface area (Å²) < 4.78 is 79.7. The molecule has 2 aromatic rings. The minimum atomic E-state index is -4.96. The quantitative estimate of drug-likeness (QED) is 0.454. The van der Waals surface area contributed by atoms with E-state index in [4.69, 9.17) is 0 Å². The van der Waals surface area contributed by atoms with Crippen molar-refractivity contribution in [3.05, 3.63) is 46.6 Å². The molecule has 1 aliphatic rings. The maximum Gasteiger partial charge on any atom is 0.416 e. The number of hydrogen-bond donors (Lipinski definition) is 2. The lowest BCUT2D eigenvalue weighted by molar-refractivity contribution is -0.143. The van der Waals surface area contributed by atoms with Crippen molar-refractivity contribution in [2.45, 2.75) is 70.4 Å². The first-order valence-electron chi connectivity index (χ1n) is 11.9. The molecule has 37 heavy (non-hydrogen) atoms. The van der Waals surface area contributed by atoms with Gasteiger partial charge in [0.05, 0.1) is 16.7 Å². The number of carbonyl (C=O) groups excluding carboxylic acids is 1. The van der Waals surface area contributed by atoms with Crippen molar-refractivity contribution in [1.82, 2.24) is 15.3 Å². The van der Waals surface area contributed by atoms with Crippen molar-refractivity contribution in [2.75, 3.05) is 24.3 Å². The molecule has 0 bridgehead atoms. The molecule has 0 atom stereocenters. The van der Waals surface area contributed by atoms with Crippen molar-refractivity contribution >= 4 is 17.7 Å². The minimum absolute atomic E-state index is 0.0348. The summed E-state index contributed by atoms with van der Waals surface area (Å²) in [6.45, 7) is 4.70. The Morgan fingerprint density at radius 2 is 1.43 bits per heavy atom. The number of carbonyl (C=O) groups is 1. The lowest BCUT2D eigenvalue weighted by Gasteiger charge is -2.33. The molecule has 1 aromatic carbocycles. The van der Waals surface area contributed by atoms with Crippen LogP contribution in [0.2, 0.25) is 0 Å². The zero-order chi connectivity index (χ0) is 27.8. The molecular weight excluding hydrogens is 500 g/mol. The smallest absolute Gasteiger partial charge is 0.362 e. The number of aromatic nitrogens is 2. The van der Waals surface area contributed by atoms with E-state index in [1.54, 1.807) is 6.20 Å². The highest BCUT2D eigenvalue weighted by Gasteiger charge is 2.39. The first-order valence-corrected chi connectivity index (χ1v) is 11.9. The van der Waals surface area contributed by atoms with Gasteiger partial charge in [-0.15, -0.1) is 0 Å². The van der Waals surface area contributed by atoms with Gasteiger partial charge in [-0.3, -0.25) is 4.79 Å². The van der Waals surface area contributed by atoms with Gasteiger partial charge >= 0.3 is 12.4 Å². The van der Waals surface area contributed by atoms with Crippen molar-refractivity contribution in [3.63, 3.8) is 0 Å². The summed E-state index contributed by atoms with van der Waals surface area (Å²) in [4.78, 5) is 23.7. The minimum Gasteiger partial charge on any atom is -0.362 e. The van der Waals surface area contributed by atoms with Gasteiger partial charge < -0.3 is 15.5 Å². The number of anilines is 2. The number of nitrogens with zero attached hydrogens (tertiary/aromatic N) is 3. The molecule has 12 heteroatoms. The molecule has 1 amide bonds. The summed E-state index contributed by atoms with van der Waals surface area (Å²) in [7, 11) is 3.77. The molecule has 1 saturated carbocycles. The molecule has 1 aliphatic carbocycles. The highest BCUT2D eigenvalue weighted by molar-refractivity contribution is 5.79. The molecular formula is C25H31F6N5O. The molecule has 1 aromatic heterocycles. The van der Waals surface area contributed by atoms with E-state index in [1.165, 1.54) is 13.8 Å². The second-order valence-electron chi connectivity index (χ2n) is 10.2. The van der Waals surface area contributed by atoms with Crippen LogP contribution in [0.3, 0.4) is 0 Å². The van der Waals surface area contributed by atoms with E-state index < -0.39 is 40.8 Å². The summed E-state index contributed by atoms with van der Waals surface area (Å²) >= 11 is 0. The lowest BCUT2D eigenvalue weighted by atomic mass is 9.84.